The fourth-order valence-electron chi connectivity index (χ4n) is 8.60. The van der Waals surface area contributed by atoms with Crippen molar-refractivity contribution in [3.05, 3.63) is 144 Å². The van der Waals surface area contributed by atoms with Crippen LogP contribution in [-0.4, -0.2) is 0 Å². The third-order valence-electron chi connectivity index (χ3n) is 12.0. The predicted molar refractivity (Wildman–Crippen MR) is 217 cm³/mol. The predicted octanol–water partition coefficient (Wildman–Crippen LogP) is 15.2. The summed E-state index contributed by atoms with van der Waals surface area (Å²) in [5.74, 6) is 2.18. The fraction of sp³-hybridized carbons (Fsp3) is 0.333. The molecule has 0 radical (unpaired) electrons. The lowest BCUT2D eigenvalue weighted by molar-refractivity contribution is -0.185. The van der Waals surface area contributed by atoms with Crippen molar-refractivity contribution in [3.63, 3.8) is 0 Å². The zero-order chi connectivity index (χ0) is 38.2. The number of rotatable bonds is 10. The van der Waals surface area contributed by atoms with Crippen LogP contribution < -0.4 is 8.92 Å². The largest absolute Gasteiger partial charge is 0.428 e. The Balaban J connectivity index is 1.13. The van der Waals surface area contributed by atoms with Crippen molar-refractivity contribution < 1.29 is 26.5 Å². The molecule has 2 aliphatic rings. The Morgan fingerprint density at radius 2 is 0.927 bits per heavy atom. The Morgan fingerprint density at radius 3 is 1.44 bits per heavy atom. The van der Waals surface area contributed by atoms with Crippen molar-refractivity contribution in [2.45, 2.75) is 88.4 Å². The Bertz CT molecular complexity index is 2250. The third kappa shape index (κ3) is 7.96. The highest BCUT2D eigenvalue weighted by Gasteiger charge is 2.38. The first-order valence-electron chi connectivity index (χ1n) is 19.6. The second kappa shape index (κ2) is 15.6. The van der Waals surface area contributed by atoms with Crippen molar-refractivity contribution in [1.29, 1.82) is 0 Å². The first kappa shape index (κ1) is 37.4. The average Bonchev–Trinajstić information content (AvgIpc) is 3.20. The molecule has 0 aliphatic heterocycles. The van der Waals surface area contributed by atoms with E-state index in [4.69, 9.17) is 8.92 Å². The van der Waals surface area contributed by atoms with Crippen molar-refractivity contribution >= 4 is 33.6 Å². The Morgan fingerprint density at radius 1 is 0.491 bits per heavy atom. The molecule has 2 saturated carbocycles. The summed E-state index contributed by atoms with van der Waals surface area (Å²) >= 11 is 0.0560. The molecule has 2 nitrogen and oxygen atoms in total. The van der Waals surface area contributed by atoms with Gasteiger partial charge >= 0.3 is 11.4 Å². The fourth-order valence-corrected chi connectivity index (χ4v) is 9.17. The number of halogens is 4. The number of fused-ring (bicyclic) bond motifs is 2. The van der Waals surface area contributed by atoms with E-state index in [-0.39, 0.29) is 34.7 Å². The van der Waals surface area contributed by atoms with E-state index in [1.165, 1.54) is 30.3 Å². The molecule has 7 heteroatoms. The van der Waals surface area contributed by atoms with Crippen LogP contribution in [0.25, 0.3) is 32.7 Å². The standard InChI is InChI=1S/C48H46F4O2S/c1-31-11-15-33(16-12-31)35-19-25-39(26-20-35)47(49,50)53-43-29-23-37-7-3-5-9-41(37)45(43)46-42-10-6-4-8-38(42)24-30-44(46)54-55-48(51,52)40-27-21-36(22-28-40)34-17-13-32(2)14-18-34/h3-10,19-34H,11-18H2,1-2H3. The van der Waals surface area contributed by atoms with Crippen LogP contribution in [0.3, 0.4) is 0 Å². The summed E-state index contributed by atoms with van der Waals surface area (Å²) in [4.78, 5) is 0. The van der Waals surface area contributed by atoms with Crippen LogP contribution in [0.5, 0.6) is 11.5 Å². The third-order valence-corrected chi connectivity index (χ3v) is 12.7. The quantitative estimate of drug-likeness (QED) is 0.102. The normalized spacial score (nSPS) is 20.8. The lowest BCUT2D eigenvalue weighted by atomic mass is 9.79. The van der Waals surface area contributed by atoms with E-state index in [0.29, 0.717) is 45.6 Å². The molecule has 2 aliphatic carbocycles. The molecule has 0 bridgehead atoms. The van der Waals surface area contributed by atoms with Crippen LogP contribution in [0.1, 0.15) is 99.3 Å². The van der Waals surface area contributed by atoms with E-state index >= 15 is 17.6 Å². The van der Waals surface area contributed by atoms with Gasteiger partial charge in [-0.2, -0.15) is 17.6 Å². The molecule has 284 valence electrons. The van der Waals surface area contributed by atoms with Gasteiger partial charge in [0, 0.05) is 16.7 Å². The zero-order valence-electron chi connectivity index (χ0n) is 31.2. The summed E-state index contributed by atoms with van der Waals surface area (Å²) in [6, 6.07) is 34.7. The highest BCUT2D eigenvalue weighted by Crippen LogP contribution is 2.50. The number of hydrogen-bond acceptors (Lipinski definition) is 3. The molecule has 6 aromatic rings. The molecule has 0 spiro atoms. The van der Waals surface area contributed by atoms with E-state index in [9.17, 15) is 0 Å². The van der Waals surface area contributed by atoms with Gasteiger partial charge in [-0.25, -0.2) is 0 Å². The molecule has 0 N–H and O–H groups in total. The van der Waals surface area contributed by atoms with Gasteiger partial charge in [-0.15, -0.1) is 0 Å². The van der Waals surface area contributed by atoms with E-state index in [1.807, 2.05) is 60.7 Å². The molecule has 8 rings (SSSR count). The van der Waals surface area contributed by atoms with Crippen LogP contribution in [0.15, 0.2) is 121 Å². The summed E-state index contributed by atoms with van der Waals surface area (Å²) < 4.78 is 76.1. The number of benzene rings is 6. The first-order valence-corrected chi connectivity index (χ1v) is 20.3. The molecule has 6 aromatic carbocycles. The van der Waals surface area contributed by atoms with Gasteiger partial charge in [0.1, 0.15) is 23.5 Å². The van der Waals surface area contributed by atoms with Gasteiger partial charge in [0.25, 0.3) is 0 Å². The van der Waals surface area contributed by atoms with Gasteiger partial charge in [-0.1, -0.05) is 137 Å². The maximum absolute atomic E-state index is 16.3. The van der Waals surface area contributed by atoms with Crippen LogP contribution in [0.2, 0.25) is 0 Å². The minimum Gasteiger partial charge on any atom is -0.428 e. The van der Waals surface area contributed by atoms with Gasteiger partial charge in [-0.3, -0.25) is 0 Å². The van der Waals surface area contributed by atoms with Crippen LogP contribution in [0, 0.1) is 11.8 Å². The highest BCUT2D eigenvalue weighted by atomic mass is 32.2. The zero-order valence-corrected chi connectivity index (χ0v) is 32.1. The molecule has 0 atom stereocenters. The van der Waals surface area contributed by atoms with Crippen molar-refractivity contribution in [1.82, 2.24) is 0 Å². The summed E-state index contributed by atoms with van der Waals surface area (Å²) in [5.41, 5.74) is 2.48. The summed E-state index contributed by atoms with van der Waals surface area (Å²) in [6.45, 7) is 4.52. The molecular weight excluding hydrogens is 717 g/mol. The molecule has 0 unspecified atom stereocenters. The maximum atomic E-state index is 16.3. The first-order chi connectivity index (χ1) is 26.6. The van der Waals surface area contributed by atoms with Gasteiger partial charge in [-0.05, 0) is 106 Å². The van der Waals surface area contributed by atoms with Gasteiger partial charge in [0.2, 0.25) is 0 Å². The minimum atomic E-state index is -3.69. The van der Waals surface area contributed by atoms with Crippen LogP contribution >= 0.6 is 12.0 Å². The van der Waals surface area contributed by atoms with Gasteiger partial charge in [0.15, 0.2) is 0 Å². The Hall–Kier alpha value is -4.49. The van der Waals surface area contributed by atoms with E-state index in [1.54, 1.807) is 30.3 Å². The highest BCUT2D eigenvalue weighted by molar-refractivity contribution is 7.95. The smallest absolute Gasteiger partial charge is 0.426 e. The van der Waals surface area contributed by atoms with Gasteiger partial charge < -0.3 is 8.92 Å². The Labute approximate surface area is 325 Å². The maximum Gasteiger partial charge on any atom is 0.426 e. The van der Waals surface area contributed by atoms with Crippen LogP contribution in [-0.2, 0) is 11.4 Å². The average molecular weight is 763 g/mol. The summed E-state index contributed by atoms with van der Waals surface area (Å²) in [5, 5.41) is -0.527. The molecule has 0 heterocycles. The van der Waals surface area contributed by atoms with E-state index in [2.05, 4.69) is 13.8 Å². The van der Waals surface area contributed by atoms with E-state index < -0.39 is 11.4 Å². The number of alkyl halides is 4. The van der Waals surface area contributed by atoms with Gasteiger partial charge in [0.05, 0.1) is 5.56 Å². The lowest BCUT2D eigenvalue weighted by Gasteiger charge is -2.27. The SMILES string of the molecule is CC1CCC(c2ccc(C(F)(F)Oc3ccc4ccccc4c3-c3c(OSC(F)(F)c4ccc(C5CCC(C)CC5)cc4)ccc4ccccc34)cc2)CC1. The summed E-state index contributed by atoms with van der Waals surface area (Å²) in [6.07, 6.45) is 5.13. The summed E-state index contributed by atoms with van der Waals surface area (Å²) in [7, 11) is 0. The second-order valence-corrected chi connectivity index (χ2v) is 16.6. The van der Waals surface area contributed by atoms with Crippen molar-refractivity contribution in [2.75, 3.05) is 0 Å². The molecule has 0 amide bonds. The van der Waals surface area contributed by atoms with Crippen molar-refractivity contribution in [2.24, 2.45) is 11.8 Å². The van der Waals surface area contributed by atoms with Crippen LogP contribution in [0.4, 0.5) is 17.6 Å². The molecule has 0 saturated heterocycles. The van der Waals surface area contributed by atoms with E-state index in [0.717, 1.165) is 73.3 Å². The second-order valence-electron chi connectivity index (χ2n) is 15.8. The van der Waals surface area contributed by atoms with Crippen molar-refractivity contribution in [3.8, 4) is 22.6 Å². The molecule has 0 aromatic heterocycles. The topological polar surface area (TPSA) is 18.5 Å². The molecule has 2 fully saturated rings. The minimum absolute atomic E-state index is 0.0560. The monoisotopic (exact) mass is 762 g/mol. The lowest BCUT2D eigenvalue weighted by Crippen LogP contribution is -2.22. The molecular formula is C48H46F4O2S. The Kier molecular flexibility index (Phi) is 10.6. The molecule has 55 heavy (non-hydrogen) atoms. The number of ether oxygens (including phenoxy) is 1. The number of hydrogen-bond donors (Lipinski definition) is 0.